The summed E-state index contributed by atoms with van der Waals surface area (Å²) in [5, 5.41) is 11.2. The van der Waals surface area contributed by atoms with Gasteiger partial charge in [-0.1, -0.05) is 6.42 Å². The van der Waals surface area contributed by atoms with E-state index in [2.05, 4.69) is 23.5 Å². The Kier molecular flexibility index (Phi) is 23.3. The molecule has 0 aliphatic rings. The van der Waals surface area contributed by atoms with Crippen molar-refractivity contribution < 1.29 is 37.5 Å². The van der Waals surface area contributed by atoms with Gasteiger partial charge < -0.3 is 38.5 Å². The first-order chi connectivity index (χ1) is 19.1. The first kappa shape index (κ1) is 35.6. The molecule has 0 aliphatic heterocycles. The average molecular weight is 592 g/mol. The molecule has 0 radical (unpaired) electrons. The van der Waals surface area contributed by atoms with Gasteiger partial charge in [0.2, 0.25) is 5.91 Å². The number of benzene rings is 1. The second-order valence-corrected chi connectivity index (χ2v) is 9.53. The maximum Gasteiger partial charge on any atom is 0.251 e. The van der Waals surface area contributed by atoms with Crippen LogP contribution in [0.4, 0.5) is 0 Å². The summed E-state index contributed by atoms with van der Waals surface area (Å²) < 4.78 is 31.8. The molecule has 0 aromatic heterocycles. The second kappa shape index (κ2) is 25.5. The van der Waals surface area contributed by atoms with Crippen LogP contribution in [0.5, 0.6) is 0 Å². The molecule has 4 N–H and O–H groups in total. The molecular weight excluding hydrogens is 546 g/mol. The van der Waals surface area contributed by atoms with E-state index >= 15 is 0 Å². The Morgan fingerprint density at radius 3 is 2.05 bits per heavy atom. The van der Waals surface area contributed by atoms with Crippen molar-refractivity contribution in [2.45, 2.75) is 30.6 Å². The lowest BCUT2D eigenvalue weighted by Crippen LogP contribution is -2.27. The number of hydrogen-bond donors (Lipinski definition) is 4. The molecule has 13 heteroatoms. The molecule has 1 aromatic carbocycles. The van der Waals surface area contributed by atoms with Gasteiger partial charge in [0.1, 0.15) is 0 Å². The van der Waals surface area contributed by atoms with Crippen LogP contribution in [0.1, 0.15) is 36.0 Å². The van der Waals surface area contributed by atoms with Crippen LogP contribution in [0.3, 0.4) is 0 Å². The molecule has 0 saturated carbocycles. The number of rotatable bonds is 26. The zero-order valence-electron chi connectivity index (χ0n) is 22.9. The molecule has 0 heterocycles. The number of ether oxygens (including phenoxy) is 5. The minimum Gasteiger partial charge on any atom is -0.384 e. The van der Waals surface area contributed by atoms with E-state index in [-0.39, 0.29) is 11.8 Å². The molecule has 1 unspecified atom stereocenters. The topological polar surface area (TPSA) is 140 Å². The standard InChI is InChI=1S/C26H45N3O8S2/c1-32-20-22(21-37-38)4-2-3-10-28-25(30)9-12-33-14-16-35-18-19-36-17-15-34-13-11-29-26(31)23-5-7-24(39-27)8-6-23/h5-8,22,38H,2-4,9-21,27H2,1H3,(H,28,30)(H,29,31). The molecule has 1 aromatic rings. The van der Waals surface area contributed by atoms with Crippen LogP contribution in [-0.2, 0) is 32.7 Å². The number of methoxy groups -OCH3 is 1. The smallest absolute Gasteiger partial charge is 0.251 e. The molecule has 0 spiro atoms. The first-order valence-electron chi connectivity index (χ1n) is 13.2. The van der Waals surface area contributed by atoms with Gasteiger partial charge in [0, 0.05) is 43.0 Å². The Morgan fingerprint density at radius 1 is 0.846 bits per heavy atom. The van der Waals surface area contributed by atoms with Crippen LogP contribution in [0.2, 0.25) is 0 Å². The van der Waals surface area contributed by atoms with Crippen molar-refractivity contribution in [2.75, 3.05) is 86.3 Å². The fraction of sp³-hybridized carbons (Fsp3) is 0.692. The third-order valence-corrected chi connectivity index (χ3v) is 6.14. The predicted octanol–water partition coefficient (Wildman–Crippen LogP) is 2.25. The molecule has 1 atom stereocenters. The van der Waals surface area contributed by atoms with Crippen LogP contribution in [0.15, 0.2) is 29.2 Å². The minimum atomic E-state index is -0.150. The van der Waals surface area contributed by atoms with Crippen LogP contribution in [-0.4, -0.2) is 98.1 Å². The van der Waals surface area contributed by atoms with E-state index in [4.69, 9.17) is 33.0 Å². The van der Waals surface area contributed by atoms with Gasteiger partial charge in [-0.05, 0) is 62.0 Å². The lowest BCUT2D eigenvalue weighted by atomic mass is 10.0. The van der Waals surface area contributed by atoms with Gasteiger partial charge in [-0.15, -0.1) is 0 Å². The van der Waals surface area contributed by atoms with Gasteiger partial charge in [0.25, 0.3) is 5.91 Å². The Morgan fingerprint density at radius 2 is 1.46 bits per heavy atom. The van der Waals surface area contributed by atoms with Gasteiger partial charge in [0.05, 0.1) is 66.1 Å². The molecule has 224 valence electrons. The summed E-state index contributed by atoms with van der Waals surface area (Å²) in [6.45, 7) is 5.67. The van der Waals surface area contributed by atoms with Gasteiger partial charge in [-0.2, -0.15) is 0 Å². The van der Waals surface area contributed by atoms with E-state index in [9.17, 15) is 9.59 Å². The summed E-state index contributed by atoms with van der Waals surface area (Å²) in [6.07, 6.45) is 3.19. The molecule has 2 amide bonds. The van der Waals surface area contributed by atoms with Crippen LogP contribution >= 0.6 is 24.9 Å². The lowest BCUT2D eigenvalue weighted by molar-refractivity contribution is -0.122. The first-order valence-corrected chi connectivity index (χ1v) is 14.4. The molecule has 0 fully saturated rings. The maximum atomic E-state index is 12.0. The number of carbonyl (C=O) groups excluding carboxylic acids is 2. The highest BCUT2D eigenvalue weighted by Crippen LogP contribution is 2.12. The Bertz CT molecular complexity index is 740. The van der Waals surface area contributed by atoms with Crippen molar-refractivity contribution in [3.05, 3.63) is 29.8 Å². The fourth-order valence-corrected chi connectivity index (χ4v) is 3.88. The van der Waals surface area contributed by atoms with Crippen molar-refractivity contribution in [1.82, 2.24) is 10.6 Å². The van der Waals surface area contributed by atoms with Gasteiger partial charge in [-0.3, -0.25) is 14.7 Å². The number of thiol groups is 1. The number of nitrogens with two attached hydrogens (primary N) is 1. The summed E-state index contributed by atoms with van der Waals surface area (Å²) in [4.78, 5) is 24.8. The highest BCUT2D eigenvalue weighted by molar-refractivity contribution is 7.97. The third-order valence-electron chi connectivity index (χ3n) is 5.45. The molecule has 11 nitrogen and oxygen atoms in total. The monoisotopic (exact) mass is 591 g/mol. The Labute approximate surface area is 242 Å². The SMILES string of the molecule is COCC(CCCCNC(=O)CCOCCOCCOCCOCCNC(=O)c1ccc(SN)cc1)COS. The van der Waals surface area contributed by atoms with E-state index in [1.165, 1.54) is 0 Å². The Hall–Kier alpha value is -1.42. The zero-order chi connectivity index (χ0) is 28.4. The third kappa shape index (κ3) is 20.2. The quantitative estimate of drug-likeness (QED) is 0.0549. The molecule has 1 rings (SSSR count). The average Bonchev–Trinajstić information content (AvgIpc) is 2.95. The summed E-state index contributed by atoms with van der Waals surface area (Å²) in [6, 6.07) is 7.08. The summed E-state index contributed by atoms with van der Waals surface area (Å²) in [5.74, 6) is 0.156. The Balaban J connectivity index is 1.81. The summed E-state index contributed by atoms with van der Waals surface area (Å²) in [7, 11) is 1.67. The zero-order valence-corrected chi connectivity index (χ0v) is 24.6. The van der Waals surface area contributed by atoms with Crippen LogP contribution < -0.4 is 15.8 Å². The van der Waals surface area contributed by atoms with Crippen molar-refractivity contribution in [3.8, 4) is 0 Å². The number of unbranched alkanes of at least 4 members (excludes halogenated alkanes) is 1. The van der Waals surface area contributed by atoms with E-state index < -0.39 is 0 Å². The van der Waals surface area contributed by atoms with Gasteiger partial charge in [-0.25, -0.2) is 0 Å². The van der Waals surface area contributed by atoms with Crippen molar-refractivity contribution >= 4 is 36.7 Å². The normalized spacial score (nSPS) is 11.9. The van der Waals surface area contributed by atoms with E-state index in [0.717, 1.165) is 36.1 Å². The molecule has 0 saturated heterocycles. The highest BCUT2D eigenvalue weighted by Gasteiger charge is 2.08. The maximum absolute atomic E-state index is 12.0. The number of carbonyl (C=O) groups is 2. The highest BCUT2D eigenvalue weighted by atomic mass is 32.2. The van der Waals surface area contributed by atoms with E-state index in [0.29, 0.717) is 97.1 Å². The van der Waals surface area contributed by atoms with Crippen LogP contribution in [0.25, 0.3) is 0 Å². The van der Waals surface area contributed by atoms with Crippen molar-refractivity contribution in [1.29, 1.82) is 0 Å². The predicted molar refractivity (Wildman–Crippen MR) is 154 cm³/mol. The fourth-order valence-electron chi connectivity index (χ4n) is 3.38. The van der Waals surface area contributed by atoms with Crippen molar-refractivity contribution in [3.63, 3.8) is 0 Å². The minimum absolute atomic E-state index is 0.0158. The van der Waals surface area contributed by atoms with Gasteiger partial charge >= 0.3 is 0 Å². The largest absolute Gasteiger partial charge is 0.384 e. The number of hydrogen-bond acceptors (Lipinski definition) is 11. The number of amides is 2. The van der Waals surface area contributed by atoms with Crippen molar-refractivity contribution in [2.24, 2.45) is 11.1 Å². The summed E-state index contributed by atoms with van der Waals surface area (Å²) in [5.41, 5.74) is 0.581. The van der Waals surface area contributed by atoms with E-state index in [1.807, 2.05) is 0 Å². The molecule has 39 heavy (non-hydrogen) atoms. The molecular formula is C26H45N3O8S2. The second-order valence-electron chi connectivity index (χ2n) is 8.56. The summed E-state index contributed by atoms with van der Waals surface area (Å²) >= 11 is 4.93. The number of nitrogens with one attached hydrogen (secondary N) is 2. The molecule has 0 aliphatic carbocycles. The van der Waals surface area contributed by atoms with Crippen LogP contribution in [0, 0.1) is 5.92 Å². The van der Waals surface area contributed by atoms with Gasteiger partial charge in [0.15, 0.2) is 0 Å². The molecule has 0 bridgehead atoms. The van der Waals surface area contributed by atoms with E-state index in [1.54, 1.807) is 31.4 Å². The lowest BCUT2D eigenvalue weighted by Gasteiger charge is -2.14.